The zero-order valence-corrected chi connectivity index (χ0v) is 20.4. The number of hydrogen-bond acceptors (Lipinski definition) is 5. The molecule has 0 radical (unpaired) electrons. The van der Waals surface area contributed by atoms with Gasteiger partial charge in [0.15, 0.2) is 5.82 Å². The summed E-state index contributed by atoms with van der Waals surface area (Å²) in [4.78, 5) is 17.8. The van der Waals surface area contributed by atoms with Gasteiger partial charge in [-0.25, -0.2) is 9.89 Å². The molecular formula is C27H33N7O. The van der Waals surface area contributed by atoms with E-state index >= 15 is 0 Å². The number of tetrazole rings is 1. The van der Waals surface area contributed by atoms with Gasteiger partial charge in [0.05, 0.1) is 6.54 Å². The number of aryl methyl sites for hydroxylation is 2. The first-order valence-corrected chi connectivity index (χ1v) is 12.8. The molecule has 1 fully saturated rings. The number of pyridine rings is 1. The molecule has 8 nitrogen and oxygen atoms in total. The van der Waals surface area contributed by atoms with Gasteiger partial charge in [0.1, 0.15) is 5.69 Å². The first kappa shape index (κ1) is 23.2. The second kappa shape index (κ2) is 10.8. The molecule has 4 aromatic rings. The van der Waals surface area contributed by atoms with Gasteiger partial charge in [-0.3, -0.25) is 14.1 Å². The Bertz CT molecular complexity index is 1280. The highest BCUT2D eigenvalue weighted by Crippen LogP contribution is 2.28. The van der Waals surface area contributed by atoms with Crippen molar-refractivity contribution in [3.05, 3.63) is 70.5 Å². The van der Waals surface area contributed by atoms with Crippen molar-refractivity contribution in [1.29, 1.82) is 0 Å². The normalized spacial score (nSPS) is 14.4. The molecule has 0 atom stereocenters. The van der Waals surface area contributed by atoms with Crippen LogP contribution in [0.3, 0.4) is 0 Å². The highest BCUT2D eigenvalue weighted by molar-refractivity contribution is 5.77. The molecular weight excluding hydrogens is 438 g/mol. The van der Waals surface area contributed by atoms with E-state index in [-0.39, 0.29) is 5.69 Å². The van der Waals surface area contributed by atoms with E-state index in [0.29, 0.717) is 18.1 Å². The number of benzene rings is 1. The van der Waals surface area contributed by atoms with Gasteiger partial charge in [0.2, 0.25) is 0 Å². The van der Waals surface area contributed by atoms with Gasteiger partial charge in [-0.1, -0.05) is 75.8 Å². The summed E-state index contributed by atoms with van der Waals surface area (Å²) < 4.78 is 3.90. The summed E-state index contributed by atoms with van der Waals surface area (Å²) in [6, 6.07) is 12.2. The number of rotatable bonds is 9. The van der Waals surface area contributed by atoms with Crippen LogP contribution >= 0.6 is 0 Å². The average Bonchev–Trinajstić information content (AvgIpc) is 3.54. The molecule has 1 aliphatic carbocycles. The number of aromatic nitrogens is 7. The predicted molar refractivity (Wildman–Crippen MR) is 136 cm³/mol. The minimum atomic E-state index is 0.112. The summed E-state index contributed by atoms with van der Waals surface area (Å²) in [5.74, 6) is 1.31. The van der Waals surface area contributed by atoms with Crippen LogP contribution in [0.5, 0.6) is 0 Å². The van der Waals surface area contributed by atoms with Crippen LogP contribution in [0.4, 0.5) is 0 Å². The molecule has 5 rings (SSSR count). The molecule has 35 heavy (non-hydrogen) atoms. The first-order valence-electron chi connectivity index (χ1n) is 12.8. The molecule has 1 saturated carbocycles. The number of hydrogen-bond donors (Lipinski definition) is 1. The first-order chi connectivity index (χ1) is 17.2. The van der Waals surface area contributed by atoms with Crippen molar-refractivity contribution in [3.63, 3.8) is 0 Å². The number of aromatic amines is 1. The molecule has 0 saturated heterocycles. The Labute approximate surface area is 205 Å². The fraction of sp³-hybridized carbons (Fsp3) is 0.444. The van der Waals surface area contributed by atoms with Gasteiger partial charge in [0.25, 0.3) is 0 Å². The van der Waals surface area contributed by atoms with Crippen molar-refractivity contribution in [1.82, 2.24) is 34.7 Å². The van der Waals surface area contributed by atoms with Crippen LogP contribution in [0.15, 0.2) is 53.6 Å². The summed E-state index contributed by atoms with van der Waals surface area (Å²) in [5.41, 5.74) is 5.03. The molecule has 0 aliphatic heterocycles. The molecule has 182 valence electrons. The second-order valence-corrected chi connectivity index (χ2v) is 9.57. The van der Waals surface area contributed by atoms with Crippen molar-refractivity contribution in [2.24, 2.45) is 5.92 Å². The monoisotopic (exact) mass is 471 g/mol. The zero-order chi connectivity index (χ0) is 24.0. The van der Waals surface area contributed by atoms with Crippen molar-refractivity contribution < 1.29 is 0 Å². The maximum absolute atomic E-state index is 13.3. The van der Waals surface area contributed by atoms with E-state index in [1.807, 2.05) is 21.3 Å². The van der Waals surface area contributed by atoms with E-state index in [4.69, 9.17) is 0 Å². The van der Waals surface area contributed by atoms with Crippen LogP contribution in [-0.4, -0.2) is 34.7 Å². The minimum absolute atomic E-state index is 0.112. The average molecular weight is 472 g/mol. The Hall–Kier alpha value is -3.55. The number of H-pyrrole nitrogens is 1. The van der Waals surface area contributed by atoms with E-state index in [9.17, 15) is 4.79 Å². The summed E-state index contributed by atoms with van der Waals surface area (Å²) in [5, 5.41) is 14.1. The molecule has 0 unspecified atom stereocenters. The third kappa shape index (κ3) is 5.26. The fourth-order valence-corrected chi connectivity index (χ4v) is 5.22. The third-order valence-corrected chi connectivity index (χ3v) is 7.12. The van der Waals surface area contributed by atoms with Gasteiger partial charge in [-0.15, -0.1) is 5.10 Å². The quantitative estimate of drug-likeness (QED) is 0.376. The smallest absolute Gasteiger partial charge is 0.299 e. The largest absolute Gasteiger partial charge is 0.328 e. The second-order valence-electron chi connectivity index (χ2n) is 9.57. The minimum Gasteiger partial charge on any atom is -0.299 e. The Kier molecular flexibility index (Phi) is 7.16. The summed E-state index contributed by atoms with van der Waals surface area (Å²) >= 11 is 0. The Morgan fingerprint density at radius 2 is 1.91 bits per heavy atom. The molecule has 0 bridgehead atoms. The van der Waals surface area contributed by atoms with Crippen LogP contribution in [0.25, 0.3) is 22.6 Å². The van der Waals surface area contributed by atoms with Crippen molar-refractivity contribution in [2.75, 3.05) is 0 Å². The van der Waals surface area contributed by atoms with Crippen LogP contribution in [-0.2, 0) is 19.5 Å². The van der Waals surface area contributed by atoms with Crippen molar-refractivity contribution in [3.8, 4) is 22.6 Å². The van der Waals surface area contributed by atoms with Crippen LogP contribution in [0.1, 0.15) is 63.1 Å². The maximum Gasteiger partial charge on any atom is 0.328 e. The summed E-state index contributed by atoms with van der Waals surface area (Å²) in [7, 11) is 0. The van der Waals surface area contributed by atoms with Crippen LogP contribution in [0.2, 0.25) is 0 Å². The number of nitrogens with zero attached hydrogens (tertiary/aromatic N) is 6. The van der Waals surface area contributed by atoms with E-state index in [1.165, 1.54) is 32.1 Å². The highest BCUT2D eigenvalue weighted by Gasteiger charge is 2.16. The molecule has 1 aromatic carbocycles. The molecule has 0 spiro atoms. The fourth-order valence-electron chi connectivity index (χ4n) is 5.22. The lowest BCUT2D eigenvalue weighted by Gasteiger charge is -2.21. The Morgan fingerprint density at radius 1 is 1.09 bits per heavy atom. The van der Waals surface area contributed by atoms with E-state index in [1.54, 1.807) is 6.20 Å². The summed E-state index contributed by atoms with van der Waals surface area (Å²) in [6.45, 7) is 3.57. The molecule has 8 heteroatoms. The molecule has 1 aliphatic rings. The van der Waals surface area contributed by atoms with Crippen LogP contribution < -0.4 is 5.69 Å². The van der Waals surface area contributed by atoms with Crippen molar-refractivity contribution >= 4 is 0 Å². The lowest BCUT2D eigenvalue weighted by atomic mass is 9.87. The van der Waals surface area contributed by atoms with Gasteiger partial charge in [-0.05, 0) is 46.4 Å². The molecule has 0 amide bonds. The SMILES string of the molecule is CCCc1cn(CCC2CCCCC2)c(=O)n1Cc1ccc(-c2cccnc2-c2nnn[nH]2)cc1. The van der Waals surface area contributed by atoms with Gasteiger partial charge in [0, 0.05) is 30.2 Å². The number of nitrogens with one attached hydrogen (secondary N) is 1. The van der Waals surface area contributed by atoms with Crippen molar-refractivity contribution in [2.45, 2.75) is 71.4 Å². The molecule has 3 aromatic heterocycles. The standard InChI is InChI=1S/C27H33N7O/c1-2-7-23-19-33(17-15-20-8-4-3-5-9-20)27(35)34(23)18-21-11-13-22(14-12-21)24-10-6-16-28-25(24)26-29-31-32-30-26/h6,10-14,16,19-20H,2-5,7-9,15,17-18H2,1H3,(H,29,30,31,32). The summed E-state index contributed by atoms with van der Waals surface area (Å²) in [6.07, 6.45) is 13.5. The van der Waals surface area contributed by atoms with Gasteiger partial charge in [-0.2, -0.15) is 0 Å². The lowest BCUT2D eigenvalue weighted by Crippen LogP contribution is -2.26. The van der Waals surface area contributed by atoms with Gasteiger partial charge < -0.3 is 0 Å². The number of imidazole rings is 1. The van der Waals surface area contributed by atoms with Crippen LogP contribution in [0, 0.1) is 5.92 Å². The zero-order valence-electron chi connectivity index (χ0n) is 20.4. The highest BCUT2D eigenvalue weighted by atomic mass is 16.1. The van der Waals surface area contributed by atoms with E-state index in [2.05, 4.69) is 63.0 Å². The molecule has 1 N–H and O–H groups in total. The maximum atomic E-state index is 13.3. The third-order valence-electron chi connectivity index (χ3n) is 7.12. The van der Waals surface area contributed by atoms with E-state index in [0.717, 1.165) is 54.1 Å². The Balaban J connectivity index is 1.35. The predicted octanol–water partition coefficient (Wildman–Crippen LogP) is 4.86. The molecule has 3 heterocycles. The van der Waals surface area contributed by atoms with Gasteiger partial charge >= 0.3 is 5.69 Å². The Morgan fingerprint density at radius 3 is 2.66 bits per heavy atom. The lowest BCUT2D eigenvalue weighted by molar-refractivity contribution is 0.322. The van der Waals surface area contributed by atoms with E-state index < -0.39 is 0 Å². The topological polar surface area (TPSA) is 94.3 Å².